The summed E-state index contributed by atoms with van der Waals surface area (Å²) in [7, 11) is 0. The summed E-state index contributed by atoms with van der Waals surface area (Å²) >= 11 is 1.43. The number of rotatable bonds is 3. The molecule has 0 saturated carbocycles. The van der Waals surface area contributed by atoms with Gasteiger partial charge in [0.05, 0.1) is 5.69 Å². The highest BCUT2D eigenvalue weighted by Gasteiger charge is 2.24. The molecule has 9 heteroatoms. The van der Waals surface area contributed by atoms with Crippen molar-refractivity contribution in [1.82, 2.24) is 24.2 Å². The van der Waals surface area contributed by atoms with Gasteiger partial charge in [0.25, 0.3) is 17.0 Å². The van der Waals surface area contributed by atoms with Gasteiger partial charge in [-0.2, -0.15) is 0 Å². The Morgan fingerprint density at radius 2 is 2.04 bits per heavy atom. The number of carbonyl (C=O) groups is 1. The highest BCUT2D eigenvalue weighted by atomic mass is 32.1. The van der Waals surface area contributed by atoms with E-state index in [0.29, 0.717) is 37.7 Å². The minimum Gasteiger partial charge on any atom is -0.336 e. The zero-order chi connectivity index (χ0) is 18.1. The van der Waals surface area contributed by atoms with E-state index in [1.54, 1.807) is 29.3 Å². The number of pyridine rings is 1. The summed E-state index contributed by atoms with van der Waals surface area (Å²) in [6.45, 7) is 2.97. The van der Waals surface area contributed by atoms with Gasteiger partial charge in [0, 0.05) is 56.6 Å². The van der Waals surface area contributed by atoms with Crippen LogP contribution in [0, 0.1) is 0 Å². The molecule has 3 aromatic rings. The van der Waals surface area contributed by atoms with E-state index in [-0.39, 0.29) is 22.6 Å². The van der Waals surface area contributed by atoms with Crippen LogP contribution in [-0.4, -0.2) is 56.3 Å². The van der Waals surface area contributed by atoms with Crippen LogP contribution in [0.2, 0.25) is 0 Å². The van der Waals surface area contributed by atoms with E-state index in [1.165, 1.54) is 21.9 Å². The molecule has 0 aliphatic carbocycles. The molecule has 0 bridgehead atoms. The highest BCUT2D eigenvalue weighted by molar-refractivity contribution is 7.15. The zero-order valence-electron chi connectivity index (χ0n) is 13.9. The van der Waals surface area contributed by atoms with E-state index in [4.69, 9.17) is 0 Å². The molecule has 0 radical (unpaired) electrons. The maximum atomic E-state index is 12.5. The van der Waals surface area contributed by atoms with E-state index in [0.717, 1.165) is 5.69 Å². The fourth-order valence-corrected chi connectivity index (χ4v) is 3.81. The first-order valence-electron chi connectivity index (χ1n) is 8.27. The monoisotopic (exact) mass is 371 g/mol. The lowest BCUT2D eigenvalue weighted by molar-refractivity contribution is 0.0625. The van der Waals surface area contributed by atoms with Gasteiger partial charge in [-0.15, -0.1) is 11.3 Å². The number of amides is 1. The minimum absolute atomic E-state index is 0.0802. The number of carbonyl (C=O) groups excluding carboxylic acids is 1. The quantitative estimate of drug-likeness (QED) is 0.720. The second kappa shape index (κ2) is 6.85. The van der Waals surface area contributed by atoms with Gasteiger partial charge in [-0.05, 0) is 12.1 Å². The van der Waals surface area contributed by atoms with Crippen LogP contribution in [0.3, 0.4) is 0 Å². The smallest absolute Gasteiger partial charge is 0.260 e. The number of hydrogen-bond acceptors (Lipinski definition) is 6. The summed E-state index contributed by atoms with van der Waals surface area (Å²) in [5.74, 6) is -0.247. The molecule has 8 nitrogen and oxygen atoms in total. The predicted octanol–water partition coefficient (Wildman–Crippen LogP) is 0.402. The van der Waals surface area contributed by atoms with Crippen LogP contribution >= 0.6 is 11.3 Å². The standard InChI is InChI=1S/C17H17N5O3S/c23-14-10-12(19-17-22(14)8-9-26-17)11-20-4-6-21(7-5-20)16(25)13-2-1-3-18-15(13)24/h1-3,8-10H,4-7,11H2,(H,18,24). The highest BCUT2D eigenvalue weighted by Crippen LogP contribution is 2.11. The first-order chi connectivity index (χ1) is 12.6. The van der Waals surface area contributed by atoms with Crippen molar-refractivity contribution in [3.05, 3.63) is 67.9 Å². The summed E-state index contributed by atoms with van der Waals surface area (Å²) in [4.78, 5) is 47.9. The molecule has 0 atom stereocenters. The van der Waals surface area contributed by atoms with E-state index in [9.17, 15) is 14.4 Å². The number of piperazine rings is 1. The van der Waals surface area contributed by atoms with E-state index in [1.807, 2.05) is 5.38 Å². The van der Waals surface area contributed by atoms with Crippen molar-refractivity contribution in [2.24, 2.45) is 0 Å². The van der Waals surface area contributed by atoms with Crippen molar-refractivity contribution in [3.63, 3.8) is 0 Å². The number of fused-ring (bicyclic) bond motifs is 1. The van der Waals surface area contributed by atoms with Crippen LogP contribution in [0.4, 0.5) is 0 Å². The van der Waals surface area contributed by atoms with E-state index < -0.39 is 0 Å². The van der Waals surface area contributed by atoms with Crippen LogP contribution in [0.15, 0.2) is 45.6 Å². The van der Waals surface area contributed by atoms with Crippen molar-refractivity contribution in [2.75, 3.05) is 26.2 Å². The topological polar surface area (TPSA) is 90.8 Å². The molecule has 1 aliphatic rings. The lowest BCUT2D eigenvalue weighted by atomic mass is 10.2. The molecule has 0 aromatic carbocycles. The number of aromatic amines is 1. The molecular weight excluding hydrogens is 354 g/mol. The SMILES string of the molecule is O=C(c1ccc[nH]c1=O)N1CCN(Cc2cc(=O)n3ccsc3n2)CC1. The third-order valence-corrected chi connectivity index (χ3v) is 5.21. The minimum atomic E-state index is -0.367. The van der Waals surface area contributed by atoms with Crippen molar-refractivity contribution in [3.8, 4) is 0 Å². The maximum absolute atomic E-state index is 12.5. The van der Waals surface area contributed by atoms with Crippen LogP contribution in [-0.2, 0) is 6.54 Å². The van der Waals surface area contributed by atoms with Gasteiger partial charge in [-0.1, -0.05) is 0 Å². The molecule has 4 rings (SSSR count). The Labute approximate surface area is 152 Å². The lowest BCUT2D eigenvalue weighted by Crippen LogP contribution is -2.49. The molecule has 4 heterocycles. The van der Waals surface area contributed by atoms with E-state index in [2.05, 4.69) is 14.9 Å². The summed E-state index contributed by atoms with van der Waals surface area (Å²) in [6.07, 6.45) is 3.23. The molecule has 1 amide bonds. The van der Waals surface area contributed by atoms with Gasteiger partial charge in [-0.25, -0.2) is 4.98 Å². The fourth-order valence-electron chi connectivity index (χ4n) is 3.07. The summed E-state index contributed by atoms with van der Waals surface area (Å²) in [5, 5.41) is 1.84. The zero-order valence-corrected chi connectivity index (χ0v) is 14.7. The Hall–Kier alpha value is -2.78. The van der Waals surface area contributed by atoms with Gasteiger partial charge < -0.3 is 9.88 Å². The van der Waals surface area contributed by atoms with Crippen LogP contribution in [0.1, 0.15) is 16.1 Å². The summed E-state index contributed by atoms with van der Waals surface area (Å²) in [6, 6.07) is 4.75. The molecule has 1 saturated heterocycles. The normalized spacial score (nSPS) is 15.5. The first-order valence-corrected chi connectivity index (χ1v) is 9.15. The van der Waals surface area contributed by atoms with Gasteiger partial charge >= 0.3 is 0 Å². The van der Waals surface area contributed by atoms with Crippen LogP contribution < -0.4 is 11.1 Å². The Bertz CT molecular complexity index is 1060. The molecule has 134 valence electrons. The summed E-state index contributed by atoms with van der Waals surface area (Å²) < 4.78 is 1.53. The van der Waals surface area contributed by atoms with Crippen LogP contribution in [0.25, 0.3) is 4.96 Å². The second-order valence-electron chi connectivity index (χ2n) is 6.12. The number of H-pyrrole nitrogens is 1. The maximum Gasteiger partial charge on any atom is 0.260 e. The average Bonchev–Trinajstić information content (AvgIpc) is 3.11. The number of nitrogens with one attached hydrogen (secondary N) is 1. The van der Waals surface area contributed by atoms with Gasteiger partial charge in [0.2, 0.25) is 0 Å². The fraction of sp³-hybridized carbons (Fsp3) is 0.294. The second-order valence-corrected chi connectivity index (χ2v) is 7.00. The number of aromatic nitrogens is 3. The molecule has 0 spiro atoms. The molecule has 0 unspecified atom stereocenters. The molecule has 1 fully saturated rings. The van der Waals surface area contributed by atoms with Gasteiger partial charge in [0.15, 0.2) is 4.96 Å². The summed E-state index contributed by atoms with van der Waals surface area (Å²) in [5.41, 5.74) is 0.452. The largest absolute Gasteiger partial charge is 0.336 e. The van der Waals surface area contributed by atoms with Crippen molar-refractivity contribution < 1.29 is 4.79 Å². The molecule has 26 heavy (non-hydrogen) atoms. The predicted molar refractivity (Wildman–Crippen MR) is 97.6 cm³/mol. The lowest BCUT2D eigenvalue weighted by Gasteiger charge is -2.34. The first kappa shape index (κ1) is 16.7. The third kappa shape index (κ3) is 3.18. The number of hydrogen-bond donors (Lipinski definition) is 1. The van der Waals surface area contributed by atoms with Crippen LogP contribution in [0.5, 0.6) is 0 Å². The van der Waals surface area contributed by atoms with E-state index >= 15 is 0 Å². The van der Waals surface area contributed by atoms with Gasteiger partial charge in [0.1, 0.15) is 5.56 Å². The van der Waals surface area contributed by atoms with Crippen molar-refractivity contribution in [1.29, 1.82) is 0 Å². The molecular formula is C17H17N5O3S. The Morgan fingerprint density at radius 1 is 1.23 bits per heavy atom. The third-order valence-electron chi connectivity index (χ3n) is 4.45. The van der Waals surface area contributed by atoms with Gasteiger partial charge in [-0.3, -0.25) is 23.7 Å². The number of nitrogens with zero attached hydrogens (tertiary/aromatic N) is 4. The Morgan fingerprint density at radius 3 is 2.81 bits per heavy atom. The Kier molecular flexibility index (Phi) is 4.39. The molecule has 1 aliphatic heterocycles. The number of thiazole rings is 1. The molecule has 1 N–H and O–H groups in total. The molecule has 3 aromatic heterocycles. The van der Waals surface area contributed by atoms with Crippen molar-refractivity contribution >= 4 is 22.2 Å². The Balaban J connectivity index is 1.42. The van der Waals surface area contributed by atoms with Crippen molar-refractivity contribution in [2.45, 2.75) is 6.54 Å². The average molecular weight is 371 g/mol.